The number of likely N-dealkylation sites (tertiary alicyclic amines) is 1. The highest BCUT2D eigenvalue weighted by molar-refractivity contribution is 5.97. The number of nitrogens with one attached hydrogen (secondary N) is 1. The number of benzene rings is 1. The molecule has 1 atom stereocenters. The lowest BCUT2D eigenvalue weighted by Gasteiger charge is -2.33. The van der Waals surface area contributed by atoms with Crippen molar-refractivity contribution in [3.05, 3.63) is 46.3 Å². The highest BCUT2D eigenvalue weighted by Gasteiger charge is 2.24. The molecule has 1 unspecified atom stereocenters. The van der Waals surface area contributed by atoms with Crippen LogP contribution < -0.4 is 5.32 Å². The van der Waals surface area contributed by atoms with Gasteiger partial charge in [0.1, 0.15) is 0 Å². The summed E-state index contributed by atoms with van der Waals surface area (Å²) < 4.78 is 1.80. The number of hydrogen-bond donors (Lipinski definition) is 1. The maximum Gasteiger partial charge on any atom is 0.254 e. The minimum atomic E-state index is -0.0778. The highest BCUT2D eigenvalue weighted by atomic mass is 16.2. The van der Waals surface area contributed by atoms with Crippen LogP contribution in [-0.4, -0.2) is 39.1 Å². The summed E-state index contributed by atoms with van der Waals surface area (Å²) in [5.74, 6) is 0.000755. The molecule has 1 saturated heterocycles. The Morgan fingerprint density at radius 3 is 2.57 bits per heavy atom. The van der Waals surface area contributed by atoms with E-state index in [4.69, 9.17) is 0 Å². The molecule has 1 aromatic heterocycles. The first kappa shape index (κ1) is 20.1. The van der Waals surface area contributed by atoms with E-state index in [1.807, 2.05) is 50.9 Å². The van der Waals surface area contributed by atoms with Gasteiger partial charge in [0, 0.05) is 42.1 Å². The van der Waals surface area contributed by atoms with E-state index in [0.717, 1.165) is 47.6 Å². The Balaban J connectivity index is 1.70. The van der Waals surface area contributed by atoms with E-state index in [1.54, 1.807) is 4.68 Å². The Kier molecular flexibility index (Phi) is 5.87. The molecule has 1 fully saturated rings. The SMILES string of the molecule is Cc1cc(C(=O)N2CCCCC2C)ccc1NC(=O)Cc1c(C)nn(C)c1C. The standard InChI is InChI=1S/C22H30N4O2/c1-14-12-18(22(28)26-11-7-6-8-15(26)2)9-10-20(14)23-21(27)13-19-16(3)24-25(5)17(19)4/h9-10,12,15H,6-8,11,13H2,1-5H3,(H,23,27). The van der Waals surface area contributed by atoms with Crippen LogP contribution in [0.1, 0.15) is 59.1 Å². The minimum absolute atomic E-state index is 0.0778. The smallest absolute Gasteiger partial charge is 0.254 e. The van der Waals surface area contributed by atoms with Gasteiger partial charge in [0.05, 0.1) is 12.1 Å². The molecule has 0 bridgehead atoms. The third kappa shape index (κ3) is 4.11. The van der Waals surface area contributed by atoms with Crippen molar-refractivity contribution >= 4 is 17.5 Å². The van der Waals surface area contributed by atoms with Gasteiger partial charge in [0.15, 0.2) is 0 Å². The molecule has 2 heterocycles. The number of amides is 2. The van der Waals surface area contributed by atoms with Gasteiger partial charge in [0.25, 0.3) is 5.91 Å². The van der Waals surface area contributed by atoms with Crippen molar-refractivity contribution in [1.29, 1.82) is 0 Å². The van der Waals surface area contributed by atoms with Crippen molar-refractivity contribution in [1.82, 2.24) is 14.7 Å². The lowest BCUT2D eigenvalue weighted by molar-refractivity contribution is -0.115. The van der Waals surface area contributed by atoms with Gasteiger partial charge in [-0.3, -0.25) is 14.3 Å². The van der Waals surface area contributed by atoms with Crippen LogP contribution in [0.5, 0.6) is 0 Å². The molecular weight excluding hydrogens is 352 g/mol. The fourth-order valence-electron chi connectivity index (χ4n) is 3.93. The van der Waals surface area contributed by atoms with Crippen LogP contribution in [0.15, 0.2) is 18.2 Å². The average molecular weight is 383 g/mol. The fourth-order valence-corrected chi connectivity index (χ4v) is 3.93. The van der Waals surface area contributed by atoms with E-state index < -0.39 is 0 Å². The second-order valence-corrected chi connectivity index (χ2v) is 7.87. The largest absolute Gasteiger partial charge is 0.336 e. The summed E-state index contributed by atoms with van der Waals surface area (Å²) in [5, 5.41) is 7.34. The van der Waals surface area contributed by atoms with E-state index in [1.165, 1.54) is 6.42 Å². The number of aromatic nitrogens is 2. The van der Waals surface area contributed by atoms with Gasteiger partial charge in [0.2, 0.25) is 5.91 Å². The van der Waals surface area contributed by atoms with Crippen LogP contribution in [0.3, 0.4) is 0 Å². The molecule has 2 amide bonds. The molecule has 0 spiro atoms. The van der Waals surface area contributed by atoms with Crippen molar-refractivity contribution in [3.63, 3.8) is 0 Å². The first-order chi connectivity index (χ1) is 13.3. The van der Waals surface area contributed by atoms with Crippen LogP contribution in [0, 0.1) is 20.8 Å². The van der Waals surface area contributed by atoms with Crippen LogP contribution in [0.2, 0.25) is 0 Å². The number of nitrogens with zero attached hydrogens (tertiary/aromatic N) is 3. The van der Waals surface area contributed by atoms with Crippen molar-refractivity contribution < 1.29 is 9.59 Å². The summed E-state index contributed by atoms with van der Waals surface area (Å²) in [4.78, 5) is 27.3. The first-order valence-corrected chi connectivity index (χ1v) is 9.98. The normalized spacial score (nSPS) is 16.9. The average Bonchev–Trinajstić information content (AvgIpc) is 2.89. The lowest BCUT2D eigenvalue weighted by Crippen LogP contribution is -2.42. The van der Waals surface area contributed by atoms with E-state index in [0.29, 0.717) is 5.56 Å². The molecule has 150 valence electrons. The summed E-state index contributed by atoms with van der Waals surface area (Å²) in [6.07, 6.45) is 3.60. The zero-order valence-electron chi connectivity index (χ0n) is 17.5. The number of aryl methyl sites for hydroxylation is 3. The number of rotatable bonds is 4. The summed E-state index contributed by atoms with van der Waals surface area (Å²) in [6, 6.07) is 5.80. The molecule has 1 aliphatic rings. The Morgan fingerprint density at radius 2 is 1.96 bits per heavy atom. The molecule has 28 heavy (non-hydrogen) atoms. The maximum atomic E-state index is 12.8. The topological polar surface area (TPSA) is 67.2 Å². The molecule has 0 aliphatic carbocycles. The van der Waals surface area contributed by atoms with Crippen molar-refractivity contribution in [2.75, 3.05) is 11.9 Å². The second kappa shape index (κ2) is 8.17. The zero-order chi connectivity index (χ0) is 20.4. The Hall–Kier alpha value is -2.63. The molecular formula is C22H30N4O2. The second-order valence-electron chi connectivity index (χ2n) is 7.87. The predicted molar refractivity (Wildman–Crippen MR) is 111 cm³/mol. The van der Waals surface area contributed by atoms with Gasteiger partial charge in [-0.15, -0.1) is 0 Å². The highest BCUT2D eigenvalue weighted by Crippen LogP contribution is 2.23. The molecule has 1 aromatic carbocycles. The summed E-state index contributed by atoms with van der Waals surface area (Å²) >= 11 is 0. The van der Waals surface area contributed by atoms with Gasteiger partial charge in [-0.2, -0.15) is 5.10 Å². The van der Waals surface area contributed by atoms with Crippen LogP contribution in [0.4, 0.5) is 5.69 Å². The third-order valence-electron chi connectivity index (χ3n) is 5.81. The molecule has 6 heteroatoms. The Morgan fingerprint density at radius 1 is 1.21 bits per heavy atom. The van der Waals surface area contributed by atoms with Crippen LogP contribution in [0.25, 0.3) is 0 Å². The van der Waals surface area contributed by atoms with Crippen molar-refractivity contribution in [2.24, 2.45) is 7.05 Å². The van der Waals surface area contributed by atoms with E-state index in [9.17, 15) is 9.59 Å². The van der Waals surface area contributed by atoms with E-state index >= 15 is 0 Å². The number of carbonyl (C=O) groups is 2. The molecule has 0 saturated carbocycles. The number of carbonyl (C=O) groups excluding carboxylic acids is 2. The lowest BCUT2D eigenvalue weighted by atomic mass is 10.0. The monoisotopic (exact) mass is 382 g/mol. The maximum absolute atomic E-state index is 12.8. The van der Waals surface area contributed by atoms with Gasteiger partial charge < -0.3 is 10.2 Å². The van der Waals surface area contributed by atoms with E-state index in [2.05, 4.69) is 17.3 Å². The summed E-state index contributed by atoms with van der Waals surface area (Å²) in [7, 11) is 1.88. The molecule has 6 nitrogen and oxygen atoms in total. The number of piperidine rings is 1. The number of hydrogen-bond acceptors (Lipinski definition) is 3. The zero-order valence-corrected chi connectivity index (χ0v) is 17.5. The molecule has 0 radical (unpaired) electrons. The fraction of sp³-hybridized carbons (Fsp3) is 0.500. The van der Waals surface area contributed by atoms with Crippen molar-refractivity contribution in [2.45, 2.75) is 59.4 Å². The van der Waals surface area contributed by atoms with Gasteiger partial charge >= 0.3 is 0 Å². The summed E-state index contributed by atoms with van der Waals surface area (Å²) in [6.45, 7) is 8.74. The van der Waals surface area contributed by atoms with Crippen LogP contribution in [-0.2, 0) is 18.3 Å². The molecule has 2 aromatic rings. The van der Waals surface area contributed by atoms with Crippen molar-refractivity contribution in [3.8, 4) is 0 Å². The third-order valence-corrected chi connectivity index (χ3v) is 5.81. The molecule has 1 aliphatic heterocycles. The van der Waals surface area contributed by atoms with Gasteiger partial charge in [-0.25, -0.2) is 0 Å². The van der Waals surface area contributed by atoms with Crippen LogP contribution >= 0.6 is 0 Å². The molecule has 1 N–H and O–H groups in total. The molecule has 3 rings (SSSR count). The first-order valence-electron chi connectivity index (χ1n) is 9.98. The van der Waals surface area contributed by atoms with Gasteiger partial charge in [-0.1, -0.05) is 0 Å². The van der Waals surface area contributed by atoms with Gasteiger partial charge in [-0.05, 0) is 70.7 Å². The van der Waals surface area contributed by atoms with E-state index in [-0.39, 0.29) is 24.3 Å². The Bertz CT molecular complexity index is 900. The quantitative estimate of drug-likeness (QED) is 0.879. The Labute approximate surface area is 166 Å². The number of anilines is 1. The minimum Gasteiger partial charge on any atom is -0.336 e. The predicted octanol–water partition coefficient (Wildman–Crippen LogP) is 3.54. The summed E-state index contributed by atoms with van der Waals surface area (Å²) in [5.41, 5.74) is 5.16.